The van der Waals surface area contributed by atoms with Crippen LogP contribution in [-0.2, 0) is 10.0 Å². The molecule has 1 amide bonds. The predicted molar refractivity (Wildman–Crippen MR) is 109 cm³/mol. The van der Waals surface area contributed by atoms with Crippen molar-refractivity contribution < 1.29 is 22.7 Å². The summed E-state index contributed by atoms with van der Waals surface area (Å²) in [7, 11) is -3.75. The highest BCUT2D eigenvalue weighted by Gasteiger charge is 2.17. The van der Waals surface area contributed by atoms with Crippen LogP contribution in [0.5, 0.6) is 11.5 Å². The third-order valence-corrected chi connectivity index (χ3v) is 5.74. The Labute approximate surface area is 168 Å². The van der Waals surface area contributed by atoms with Crippen molar-refractivity contribution in [2.24, 2.45) is 0 Å². The Balaban J connectivity index is 1.51. The fourth-order valence-electron chi connectivity index (χ4n) is 2.83. The van der Waals surface area contributed by atoms with Gasteiger partial charge in [-0.3, -0.25) is 9.52 Å². The van der Waals surface area contributed by atoms with Crippen LogP contribution in [-0.4, -0.2) is 21.1 Å². The van der Waals surface area contributed by atoms with Gasteiger partial charge in [0.25, 0.3) is 15.9 Å². The van der Waals surface area contributed by atoms with Crippen molar-refractivity contribution >= 4 is 27.3 Å². The van der Waals surface area contributed by atoms with Crippen LogP contribution in [0.25, 0.3) is 0 Å². The molecule has 0 saturated carbocycles. The summed E-state index contributed by atoms with van der Waals surface area (Å²) in [6, 6.07) is 17.9. The topological polar surface area (TPSA) is 93.7 Å². The first kappa shape index (κ1) is 18.8. The molecule has 0 bridgehead atoms. The molecule has 0 atom stereocenters. The number of rotatable bonds is 5. The zero-order valence-corrected chi connectivity index (χ0v) is 16.3. The van der Waals surface area contributed by atoms with Crippen LogP contribution < -0.4 is 19.5 Å². The van der Waals surface area contributed by atoms with Crippen LogP contribution in [0, 0.1) is 6.92 Å². The van der Waals surface area contributed by atoms with E-state index in [0.717, 1.165) is 5.56 Å². The minimum Gasteiger partial charge on any atom is -0.454 e. The van der Waals surface area contributed by atoms with Gasteiger partial charge in [0.15, 0.2) is 11.5 Å². The van der Waals surface area contributed by atoms with Crippen LogP contribution in [0.4, 0.5) is 11.4 Å². The minimum absolute atomic E-state index is 0.149. The molecule has 1 aliphatic rings. The maximum atomic E-state index is 12.6. The summed E-state index contributed by atoms with van der Waals surface area (Å²) in [5.74, 6) is 0.804. The van der Waals surface area contributed by atoms with Crippen molar-refractivity contribution in [1.29, 1.82) is 0 Å². The number of anilines is 2. The van der Waals surface area contributed by atoms with Crippen molar-refractivity contribution in [3.05, 3.63) is 77.9 Å². The third kappa shape index (κ3) is 4.17. The van der Waals surface area contributed by atoms with Gasteiger partial charge in [0, 0.05) is 23.0 Å². The zero-order valence-electron chi connectivity index (χ0n) is 15.5. The summed E-state index contributed by atoms with van der Waals surface area (Å²) >= 11 is 0. The average Bonchev–Trinajstić information content (AvgIpc) is 3.16. The standard InChI is InChI=1S/C21H18N2O5S/c1-14-5-8-18(9-6-14)29(25,26)23-17-4-2-3-15(11-17)21(24)22-16-7-10-19-20(12-16)28-13-27-19/h2-12,23H,13H2,1H3,(H,22,24). The Kier molecular flexibility index (Phi) is 4.85. The molecule has 2 N–H and O–H groups in total. The molecule has 1 aliphatic heterocycles. The number of benzene rings is 3. The smallest absolute Gasteiger partial charge is 0.261 e. The second kappa shape index (κ2) is 7.48. The highest BCUT2D eigenvalue weighted by molar-refractivity contribution is 7.92. The average molecular weight is 410 g/mol. The first-order valence-electron chi connectivity index (χ1n) is 8.81. The van der Waals surface area contributed by atoms with Gasteiger partial charge in [-0.05, 0) is 49.4 Å². The number of hydrogen-bond donors (Lipinski definition) is 2. The lowest BCUT2D eigenvalue weighted by molar-refractivity contribution is 0.102. The minimum atomic E-state index is -3.75. The third-order valence-electron chi connectivity index (χ3n) is 4.34. The fourth-order valence-corrected chi connectivity index (χ4v) is 3.88. The molecular weight excluding hydrogens is 392 g/mol. The number of fused-ring (bicyclic) bond motifs is 1. The number of ether oxygens (including phenoxy) is 2. The lowest BCUT2D eigenvalue weighted by Gasteiger charge is -2.10. The van der Waals surface area contributed by atoms with Gasteiger partial charge in [-0.15, -0.1) is 0 Å². The summed E-state index contributed by atoms with van der Waals surface area (Å²) in [4.78, 5) is 12.7. The van der Waals surface area contributed by atoms with Crippen LogP contribution in [0.1, 0.15) is 15.9 Å². The van der Waals surface area contributed by atoms with Crippen molar-refractivity contribution in [2.45, 2.75) is 11.8 Å². The fraction of sp³-hybridized carbons (Fsp3) is 0.0952. The van der Waals surface area contributed by atoms with Gasteiger partial charge in [0.1, 0.15) is 0 Å². The monoisotopic (exact) mass is 410 g/mol. The summed E-state index contributed by atoms with van der Waals surface area (Å²) in [6.07, 6.45) is 0. The van der Waals surface area contributed by atoms with E-state index < -0.39 is 10.0 Å². The molecule has 0 aliphatic carbocycles. The lowest BCUT2D eigenvalue weighted by Crippen LogP contribution is -2.15. The van der Waals surface area contributed by atoms with Crippen LogP contribution in [0.3, 0.4) is 0 Å². The first-order valence-corrected chi connectivity index (χ1v) is 10.3. The van der Waals surface area contributed by atoms with E-state index in [2.05, 4.69) is 10.0 Å². The van der Waals surface area contributed by atoms with Crippen molar-refractivity contribution in [1.82, 2.24) is 0 Å². The van der Waals surface area contributed by atoms with Gasteiger partial charge in [-0.2, -0.15) is 0 Å². The Morgan fingerprint density at radius 2 is 1.66 bits per heavy atom. The summed E-state index contributed by atoms with van der Waals surface area (Å²) < 4.78 is 38.2. The van der Waals surface area contributed by atoms with Crippen LogP contribution >= 0.6 is 0 Å². The molecule has 0 radical (unpaired) electrons. The number of carbonyl (C=O) groups is 1. The molecule has 148 valence electrons. The molecule has 7 nitrogen and oxygen atoms in total. The maximum Gasteiger partial charge on any atom is 0.261 e. The molecule has 0 spiro atoms. The normalized spacial score (nSPS) is 12.4. The van der Waals surface area contributed by atoms with Crippen LogP contribution in [0.2, 0.25) is 0 Å². The SMILES string of the molecule is Cc1ccc(S(=O)(=O)Nc2cccc(C(=O)Nc3ccc4c(c3)OCO4)c2)cc1. The molecule has 29 heavy (non-hydrogen) atoms. The van der Waals surface area contributed by atoms with Gasteiger partial charge in [0.2, 0.25) is 6.79 Å². The van der Waals surface area contributed by atoms with E-state index in [0.29, 0.717) is 28.4 Å². The van der Waals surface area contributed by atoms with Gasteiger partial charge in [0.05, 0.1) is 4.90 Å². The maximum absolute atomic E-state index is 12.6. The molecular formula is C21H18N2O5S. The molecule has 4 rings (SSSR count). The quantitative estimate of drug-likeness (QED) is 0.668. The van der Waals surface area contributed by atoms with Crippen molar-refractivity contribution in [3.8, 4) is 11.5 Å². The van der Waals surface area contributed by atoms with Gasteiger partial charge < -0.3 is 14.8 Å². The Morgan fingerprint density at radius 1 is 0.897 bits per heavy atom. The van der Waals surface area contributed by atoms with E-state index in [1.54, 1.807) is 48.5 Å². The molecule has 0 fully saturated rings. The highest BCUT2D eigenvalue weighted by Crippen LogP contribution is 2.34. The Bertz CT molecular complexity index is 1170. The number of hydrogen-bond acceptors (Lipinski definition) is 5. The summed E-state index contributed by atoms with van der Waals surface area (Å²) in [5.41, 5.74) is 2.12. The number of nitrogens with one attached hydrogen (secondary N) is 2. The number of aryl methyl sites for hydroxylation is 1. The van der Waals surface area contributed by atoms with E-state index in [1.165, 1.54) is 18.2 Å². The van der Waals surface area contributed by atoms with Crippen molar-refractivity contribution in [3.63, 3.8) is 0 Å². The van der Waals surface area contributed by atoms with E-state index in [-0.39, 0.29) is 17.6 Å². The first-order chi connectivity index (χ1) is 13.9. The number of amides is 1. The zero-order chi connectivity index (χ0) is 20.4. The van der Waals surface area contributed by atoms with Crippen LogP contribution in [0.15, 0.2) is 71.6 Å². The molecule has 0 unspecified atom stereocenters. The Hall–Kier alpha value is -3.52. The predicted octanol–water partition coefficient (Wildman–Crippen LogP) is 3.78. The van der Waals surface area contributed by atoms with Gasteiger partial charge >= 0.3 is 0 Å². The largest absolute Gasteiger partial charge is 0.454 e. The lowest BCUT2D eigenvalue weighted by atomic mass is 10.2. The van der Waals surface area contributed by atoms with E-state index >= 15 is 0 Å². The molecule has 1 heterocycles. The summed E-state index contributed by atoms with van der Waals surface area (Å²) in [6.45, 7) is 2.03. The molecule has 8 heteroatoms. The van der Waals surface area contributed by atoms with E-state index in [1.807, 2.05) is 6.92 Å². The van der Waals surface area contributed by atoms with E-state index in [4.69, 9.17) is 9.47 Å². The summed E-state index contributed by atoms with van der Waals surface area (Å²) in [5, 5.41) is 2.76. The number of sulfonamides is 1. The second-order valence-corrected chi connectivity index (χ2v) is 8.20. The number of carbonyl (C=O) groups excluding carboxylic acids is 1. The molecule has 3 aromatic carbocycles. The molecule has 0 saturated heterocycles. The van der Waals surface area contributed by atoms with Gasteiger partial charge in [-0.1, -0.05) is 23.8 Å². The second-order valence-electron chi connectivity index (χ2n) is 6.52. The molecule has 0 aromatic heterocycles. The van der Waals surface area contributed by atoms with Crippen molar-refractivity contribution in [2.75, 3.05) is 16.8 Å². The Morgan fingerprint density at radius 3 is 2.45 bits per heavy atom. The highest BCUT2D eigenvalue weighted by atomic mass is 32.2. The van der Waals surface area contributed by atoms with E-state index in [9.17, 15) is 13.2 Å². The molecule has 3 aromatic rings. The van der Waals surface area contributed by atoms with Gasteiger partial charge in [-0.25, -0.2) is 8.42 Å².